The predicted octanol–water partition coefficient (Wildman–Crippen LogP) is 1.90. The zero-order chi connectivity index (χ0) is 8.81. The summed E-state index contributed by atoms with van der Waals surface area (Å²) in [5.41, 5.74) is 0. The Morgan fingerprint density at radius 2 is 2.33 bits per heavy atom. The van der Waals surface area contributed by atoms with E-state index in [9.17, 15) is 0 Å². The Morgan fingerprint density at radius 1 is 1.50 bits per heavy atom. The number of rotatable bonds is 3. The lowest BCUT2D eigenvalue weighted by molar-refractivity contribution is 0.107. The Kier molecular flexibility index (Phi) is 4.62. The fourth-order valence-corrected chi connectivity index (χ4v) is 1.64. The molecule has 1 unspecified atom stereocenters. The first-order valence-corrected chi connectivity index (χ1v) is 5.16. The minimum Gasteiger partial charge on any atom is -0.380 e. The van der Waals surface area contributed by atoms with E-state index in [2.05, 4.69) is 18.7 Å². The van der Waals surface area contributed by atoms with Gasteiger partial charge in [0.1, 0.15) is 0 Å². The van der Waals surface area contributed by atoms with Crippen molar-refractivity contribution in [1.29, 1.82) is 0 Å². The summed E-state index contributed by atoms with van der Waals surface area (Å²) in [5, 5.41) is 0. The average molecular weight is 171 g/mol. The molecule has 1 atom stereocenters. The van der Waals surface area contributed by atoms with Gasteiger partial charge >= 0.3 is 0 Å². The minimum atomic E-state index is 0.624. The van der Waals surface area contributed by atoms with Crippen LogP contribution in [0.15, 0.2) is 0 Å². The van der Waals surface area contributed by atoms with Crippen LogP contribution in [-0.4, -0.2) is 37.2 Å². The second-order valence-corrected chi connectivity index (χ2v) is 3.67. The maximum absolute atomic E-state index is 5.48. The Labute approximate surface area is 75.9 Å². The lowest BCUT2D eigenvalue weighted by Gasteiger charge is -2.25. The molecule has 2 nitrogen and oxygen atoms in total. The number of nitrogens with zero attached hydrogens (tertiary/aromatic N) is 1. The molecular weight excluding hydrogens is 150 g/mol. The monoisotopic (exact) mass is 171 g/mol. The summed E-state index contributed by atoms with van der Waals surface area (Å²) in [4.78, 5) is 2.55. The highest BCUT2D eigenvalue weighted by molar-refractivity contribution is 4.69. The topological polar surface area (TPSA) is 12.5 Å². The van der Waals surface area contributed by atoms with Gasteiger partial charge in [0, 0.05) is 19.2 Å². The molecule has 0 spiro atoms. The smallest absolute Gasteiger partial charge is 0.0619 e. The van der Waals surface area contributed by atoms with Crippen molar-refractivity contribution in [2.24, 2.45) is 0 Å². The molecule has 0 aliphatic carbocycles. The van der Waals surface area contributed by atoms with Gasteiger partial charge in [0.2, 0.25) is 0 Å². The summed E-state index contributed by atoms with van der Waals surface area (Å²) < 4.78 is 5.48. The Morgan fingerprint density at radius 3 is 3.08 bits per heavy atom. The van der Waals surface area contributed by atoms with E-state index in [1.807, 2.05) is 0 Å². The van der Waals surface area contributed by atoms with E-state index < -0.39 is 0 Å². The first-order chi connectivity index (χ1) is 5.84. The second-order valence-electron chi connectivity index (χ2n) is 3.67. The molecule has 12 heavy (non-hydrogen) atoms. The maximum Gasteiger partial charge on any atom is 0.0619 e. The maximum atomic E-state index is 5.48. The van der Waals surface area contributed by atoms with Crippen molar-refractivity contribution in [2.45, 2.75) is 39.2 Å². The van der Waals surface area contributed by atoms with Crippen LogP contribution in [0.3, 0.4) is 0 Å². The van der Waals surface area contributed by atoms with Crippen LogP contribution >= 0.6 is 0 Å². The molecule has 0 aromatic carbocycles. The molecule has 1 fully saturated rings. The first-order valence-electron chi connectivity index (χ1n) is 5.16. The lowest BCUT2D eigenvalue weighted by atomic mass is 10.2. The minimum absolute atomic E-state index is 0.624. The fourth-order valence-electron chi connectivity index (χ4n) is 1.64. The molecule has 1 rings (SSSR count). The lowest BCUT2D eigenvalue weighted by Crippen LogP contribution is -2.35. The van der Waals surface area contributed by atoms with Gasteiger partial charge in [-0.1, -0.05) is 13.3 Å². The highest BCUT2D eigenvalue weighted by Crippen LogP contribution is 2.07. The van der Waals surface area contributed by atoms with Crippen molar-refractivity contribution in [1.82, 2.24) is 4.90 Å². The molecule has 0 aromatic heterocycles. The van der Waals surface area contributed by atoms with Gasteiger partial charge < -0.3 is 4.74 Å². The number of hydrogen-bond donors (Lipinski definition) is 0. The third kappa shape index (κ3) is 3.11. The van der Waals surface area contributed by atoms with E-state index in [4.69, 9.17) is 4.74 Å². The number of ether oxygens (including phenoxy) is 1. The van der Waals surface area contributed by atoms with E-state index in [0.29, 0.717) is 6.04 Å². The van der Waals surface area contributed by atoms with Crippen LogP contribution in [0.2, 0.25) is 0 Å². The van der Waals surface area contributed by atoms with Gasteiger partial charge in [-0.3, -0.25) is 4.90 Å². The Balaban J connectivity index is 2.26. The van der Waals surface area contributed by atoms with Gasteiger partial charge in [-0.2, -0.15) is 0 Å². The van der Waals surface area contributed by atoms with Crippen molar-refractivity contribution < 1.29 is 4.74 Å². The molecule has 1 aliphatic heterocycles. The second kappa shape index (κ2) is 5.55. The molecule has 0 radical (unpaired) electrons. The van der Waals surface area contributed by atoms with E-state index in [1.165, 1.54) is 32.4 Å². The Hall–Kier alpha value is -0.0800. The quantitative estimate of drug-likeness (QED) is 0.643. The molecule has 1 aliphatic rings. The molecule has 0 amide bonds. The van der Waals surface area contributed by atoms with Crippen LogP contribution in [-0.2, 0) is 4.74 Å². The van der Waals surface area contributed by atoms with Gasteiger partial charge in [0.25, 0.3) is 0 Å². The summed E-state index contributed by atoms with van der Waals surface area (Å²) in [6.45, 7) is 8.86. The molecule has 0 N–H and O–H groups in total. The summed E-state index contributed by atoms with van der Waals surface area (Å²) in [6, 6.07) is 0.624. The highest BCUT2D eigenvalue weighted by atomic mass is 16.5. The fraction of sp³-hybridized carbons (Fsp3) is 1.00. The number of unbranched alkanes of at least 4 members (excludes halogenated alkanes) is 1. The third-order valence-corrected chi connectivity index (χ3v) is 2.52. The van der Waals surface area contributed by atoms with E-state index in [0.717, 1.165) is 13.2 Å². The Bertz CT molecular complexity index is 116. The van der Waals surface area contributed by atoms with Crippen LogP contribution < -0.4 is 0 Å². The molecule has 2 heteroatoms. The normalized spacial score (nSPS) is 27.0. The highest BCUT2D eigenvalue weighted by Gasteiger charge is 2.15. The van der Waals surface area contributed by atoms with E-state index >= 15 is 0 Å². The largest absolute Gasteiger partial charge is 0.380 e. The van der Waals surface area contributed by atoms with Crippen LogP contribution in [0.1, 0.15) is 33.1 Å². The molecular formula is C10H21NO. The molecule has 0 bridgehead atoms. The molecule has 72 valence electrons. The van der Waals surface area contributed by atoms with Crippen molar-refractivity contribution in [3.63, 3.8) is 0 Å². The zero-order valence-corrected chi connectivity index (χ0v) is 8.38. The summed E-state index contributed by atoms with van der Waals surface area (Å²) in [7, 11) is 0. The summed E-state index contributed by atoms with van der Waals surface area (Å²) >= 11 is 0. The van der Waals surface area contributed by atoms with Gasteiger partial charge in [0.15, 0.2) is 0 Å². The summed E-state index contributed by atoms with van der Waals surface area (Å²) in [6.07, 6.45) is 3.82. The summed E-state index contributed by atoms with van der Waals surface area (Å²) in [5.74, 6) is 0. The van der Waals surface area contributed by atoms with Gasteiger partial charge in [-0.15, -0.1) is 0 Å². The van der Waals surface area contributed by atoms with Crippen LogP contribution in [0.25, 0.3) is 0 Å². The van der Waals surface area contributed by atoms with Crippen LogP contribution in [0, 0.1) is 0 Å². The molecule has 1 saturated heterocycles. The average Bonchev–Trinajstić information content (AvgIpc) is 2.27. The third-order valence-electron chi connectivity index (χ3n) is 2.52. The molecule has 0 aromatic rings. The van der Waals surface area contributed by atoms with Gasteiger partial charge in [-0.25, -0.2) is 0 Å². The van der Waals surface area contributed by atoms with Crippen LogP contribution in [0.4, 0.5) is 0 Å². The molecule has 1 heterocycles. The predicted molar refractivity (Wildman–Crippen MR) is 51.4 cm³/mol. The standard InChI is InChI=1S/C10H21NO/c1-3-4-6-11-7-5-8-12-9-10(11)2/h10H,3-9H2,1-2H3. The van der Waals surface area contributed by atoms with Crippen molar-refractivity contribution in [3.8, 4) is 0 Å². The zero-order valence-electron chi connectivity index (χ0n) is 8.38. The van der Waals surface area contributed by atoms with Crippen LogP contribution in [0.5, 0.6) is 0 Å². The molecule has 0 saturated carbocycles. The first kappa shape index (κ1) is 10.0. The van der Waals surface area contributed by atoms with Gasteiger partial charge in [-0.05, 0) is 26.3 Å². The van der Waals surface area contributed by atoms with Crippen molar-refractivity contribution in [2.75, 3.05) is 26.3 Å². The van der Waals surface area contributed by atoms with E-state index in [-0.39, 0.29) is 0 Å². The van der Waals surface area contributed by atoms with Crippen molar-refractivity contribution >= 4 is 0 Å². The van der Waals surface area contributed by atoms with E-state index in [1.54, 1.807) is 0 Å². The van der Waals surface area contributed by atoms with Gasteiger partial charge in [0.05, 0.1) is 6.61 Å². The van der Waals surface area contributed by atoms with Crippen molar-refractivity contribution in [3.05, 3.63) is 0 Å². The number of hydrogen-bond acceptors (Lipinski definition) is 2. The SMILES string of the molecule is CCCCN1CCCOCC1C.